The van der Waals surface area contributed by atoms with Gasteiger partial charge in [0.05, 0.1) is 24.4 Å². The first-order valence-corrected chi connectivity index (χ1v) is 8.95. The van der Waals surface area contributed by atoms with E-state index in [1.807, 2.05) is 41.9 Å². The van der Waals surface area contributed by atoms with Crippen LogP contribution in [0.25, 0.3) is 22.2 Å². The highest BCUT2D eigenvalue weighted by Crippen LogP contribution is 2.35. The minimum Gasteiger partial charge on any atom is -0.466 e. The van der Waals surface area contributed by atoms with Crippen molar-refractivity contribution in [3.8, 4) is 11.3 Å². The van der Waals surface area contributed by atoms with E-state index in [1.165, 1.54) is 0 Å². The average molecular weight is 389 g/mol. The van der Waals surface area contributed by atoms with E-state index < -0.39 is 5.97 Å². The molecule has 134 valence electrons. The van der Waals surface area contributed by atoms with Gasteiger partial charge in [-0.15, -0.1) is 0 Å². The summed E-state index contributed by atoms with van der Waals surface area (Å²) >= 11 is 12.2. The van der Waals surface area contributed by atoms with Crippen LogP contribution >= 0.6 is 23.2 Å². The van der Waals surface area contributed by atoms with Gasteiger partial charge in [-0.1, -0.05) is 35.3 Å². The summed E-state index contributed by atoms with van der Waals surface area (Å²) in [5, 5.41) is 10.6. The van der Waals surface area contributed by atoms with Gasteiger partial charge >= 0.3 is 5.97 Å². The molecule has 6 heteroatoms. The third-order valence-corrected chi connectivity index (χ3v) is 4.69. The van der Waals surface area contributed by atoms with Crippen LogP contribution in [0.2, 0.25) is 10.0 Å². The summed E-state index contributed by atoms with van der Waals surface area (Å²) in [6, 6.07) is 13.0. The van der Waals surface area contributed by atoms with Crippen LogP contribution in [0, 0.1) is 5.41 Å². The zero-order chi connectivity index (χ0) is 18.8. The number of rotatable bonds is 5. The molecular weight excluding hydrogens is 371 g/mol. The van der Waals surface area contributed by atoms with Gasteiger partial charge in [0.25, 0.3) is 0 Å². The Morgan fingerprint density at radius 3 is 2.42 bits per heavy atom. The summed E-state index contributed by atoms with van der Waals surface area (Å²) in [6.07, 6.45) is -0.0972. The summed E-state index contributed by atoms with van der Waals surface area (Å²) in [6.45, 7) is 2.04. The molecule has 4 nitrogen and oxygen atoms in total. The standard InChI is InChI=1S/C20H18Cl2N2O2/c1-3-26-18(25)11-16(23)19-15-10-14(22)8-9-17(15)24(2)20(19)12-4-6-13(21)7-5-12/h4-10,23H,3,11H2,1-2H3. The fourth-order valence-corrected chi connectivity index (χ4v) is 3.41. The molecule has 26 heavy (non-hydrogen) atoms. The number of nitrogens with zero attached hydrogens (tertiary/aromatic N) is 1. The smallest absolute Gasteiger partial charge is 0.311 e. The number of benzene rings is 2. The van der Waals surface area contributed by atoms with Crippen molar-refractivity contribution in [1.29, 1.82) is 5.41 Å². The SMILES string of the molecule is CCOC(=O)CC(=N)c1c(-c2ccc(Cl)cc2)n(C)c2ccc(Cl)cc12. The second kappa shape index (κ2) is 7.52. The number of carbonyl (C=O) groups is 1. The summed E-state index contributed by atoms with van der Waals surface area (Å²) < 4.78 is 7.01. The highest BCUT2D eigenvalue weighted by Gasteiger charge is 2.22. The third kappa shape index (κ3) is 3.48. The Balaban J connectivity index is 2.22. The van der Waals surface area contributed by atoms with Gasteiger partial charge in [-0.25, -0.2) is 0 Å². The van der Waals surface area contributed by atoms with Gasteiger partial charge in [0.1, 0.15) is 0 Å². The first kappa shape index (κ1) is 18.5. The van der Waals surface area contributed by atoms with Crippen molar-refractivity contribution in [1.82, 2.24) is 4.57 Å². The number of nitrogens with one attached hydrogen (secondary N) is 1. The van der Waals surface area contributed by atoms with Crippen LogP contribution in [0.5, 0.6) is 0 Å². The Kier molecular flexibility index (Phi) is 5.35. The Morgan fingerprint density at radius 2 is 1.77 bits per heavy atom. The van der Waals surface area contributed by atoms with Crippen LogP contribution in [0.4, 0.5) is 0 Å². The molecule has 2 aromatic carbocycles. The lowest BCUT2D eigenvalue weighted by Crippen LogP contribution is -2.12. The topological polar surface area (TPSA) is 55.1 Å². The lowest BCUT2D eigenvalue weighted by atomic mass is 9.99. The van der Waals surface area contributed by atoms with Gasteiger partial charge in [0, 0.05) is 33.6 Å². The van der Waals surface area contributed by atoms with E-state index in [2.05, 4.69) is 0 Å². The van der Waals surface area contributed by atoms with Gasteiger partial charge < -0.3 is 14.7 Å². The summed E-state index contributed by atoms with van der Waals surface area (Å²) in [4.78, 5) is 11.9. The molecule has 0 spiro atoms. The highest BCUT2D eigenvalue weighted by atomic mass is 35.5. The van der Waals surface area contributed by atoms with E-state index in [0.29, 0.717) is 15.6 Å². The number of hydrogen-bond acceptors (Lipinski definition) is 3. The molecule has 0 atom stereocenters. The van der Waals surface area contributed by atoms with E-state index in [4.69, 9.17) is 33.3 Å². The number of hydrogen-bond donors (Lipinski definition) is 1. The Hall–Kier alpha value is -2.30. The maximum atomic E-state index is 11.9. The van der Waals surface area contributed by atoms with Crippen LogP contribution in [0.3, 0.4) is 0 Å². The summed E-state index contributed by atoms with van der Waals surface area (Å²) in [5.41, 5.74) is 3.56. The average Bonchev–Trinajstić information content (AvgIpc) is 2.88. The molecular formula is C20H18Cl2N2O2. The lowest BCUT2D eigenvalue weighted by molar-refractivity contribution is -0.141. The number of aromatic nitrogens is 1. The minimum absolute atomic E-state index is 0.0972. The van der Waals surface area contributed by atoms with Crippen molar-refractivity contribution in [3.05, 3.63) is 58.1 Å². The molecule has 1 aromatic heterocycles. The first-order chi connectivity index (χ1) is 12.4. The van der Waals surface area contributed by atoms with Crippen LogP contribution in [-0.2, 0) is 16.6 Å². The molecule has 0 bridgehead atoms. The predicted octanol–water partition coefficient (Wildman–Crippen LogP) is 5.47. The maximum absolute atomic E-state index is 11.9. The van der Waals surface area contributed by atoms with Gasteiger partial charge in [-0.2, -0.15) is 0 Å². The van der Waals surface area contributed by atoms with Crippen molar-refractivity contribution in [2.24, 2.45) is 7.05 Å². The molecule has 0 fully saturated rings. The molecule has 1 N–H and O–H groups in total. The number of aryl methyl sites for hydroxylation is 1. The van der Waals surface area contributed by atoms with E-state index in [-0.39, 0.29) is 18.7 Å². The Labute approximate surface area is 161 Å². The van der Waals surface area contributed by atoms with Gasteiger partial charge in [-0.3, -0.25) is 4.79 Å². The monoisotopic (exact) mass is 388 g/mol. The molecule has 0 saturated carbocycles. The first-order valence-electron chi connectivity index (χ1n) is 8.19. The number of halogens is 2. The molecule has 0 radical (unpaired) electrons. The van der Waals surface area contributed by atoms with Crippen molar-refractivity contribution in [2.75, 3.05) is 6.61 Å². The Morgan fingerprint density at radius 1 is 1.12 bits per heavy atom. The van der Waals surface area contributed by atoms with Gasteiger partial charge in [0.2, 0.25) is 0 Å². The number of esters is 1. The molecule has 0 aliphatic rings. The molecule has 0 unspecified atom stereocenters. The second-order valence-electron chi connectivity index (χ2n) is 5.91. The van der Waals surface area contributed by atoms with Crippen LogP contribution in [0.15, 0.2) is 42.5 Å². The molecule has 0 saturated heterocycles. The minimum atomic E-state index is -0.418. The van der Waals surface area contributed by atoms with Crippen molar-refractivity contribution < 1.29 is 9.53 Å². The molecule has 0 aliphatic carbocycles. The maximum Gasteiger partial charge on any atom is 0.311 e. The number of ether oxygens (including phenoxy) is 1. The van der Waals surface area contributed by atoms with E-state index >= 15 is 0 Å². The number of carbonyl (C=O) groups excluding carboxylic acids is 1. The molecule has 3 rings (SSSR count). The van der Waals surface area contributed by atoms with Gasteiger partial charge in [-0.05, 0) is 42.8 Å². The van der Waals surface area contributed by atoms with Crippen molar-refractivity contribution >= 4 is 45.8 Å². The van der Waals surface area contributed by atoms with E-state index in [0.717, 1.165) is 22.2 Å². The van der Waals surface area contributed by atoms with Gasteiger partial charge in [0.15, 0.2) is 0 Å². The third-order valence-electron chi connectivity index (χ3n) is 4.21. The zero-order valence-corrected chi connectivity index (χ0v) is 16.0. The van der Waals surface area contributed by atoms with E-state index in [1.54, 1.807) is 19.1 Å². The van der Waals surface area contributed by atoms with Crippen LogP contribution in [0.1, 0.15) is 18.9 Å². The summed E-state index contributed by atoms with van der Waals surface area (Å²) in [7, 11) is 1.93. The van der Waals surface area contributed by atoms with Crippen LogP contribution < -0.4 is 0 Å². The van der Waals surface area contributed by atoms with Crippen LogP contribution in [-0.4, -0.2) is 22.9 Å². The second-order valence-corrected chi connectivity index (χ2v) is 6.78. The molecule has 3 aromatic rings. The summed E-state index contributed by atoms with van der Waals surface area (Å²) in [5.74, 6) is -0.418. The van der Waals surface area contributed by atoms with Crippen molar-refractivity contribution in [3.63, 3.8) is 0 Å². The molecule has 0 amide bonds. The van der Waals surface area contributed by atoms with Crippen molar-refractivity contribution in [2.45, 2.75) is 13.3 Å². The fourth-order valence-electron chi connectivity index (χ4n) is 3.11. The quantitative estimate of drug-likeness (QED) is 0.465. The zero-order valence-electron chi connectivity index (χ0n) is 14.5. The largest absolute Gasteiger partial charge is 0.466 e. The normalized spacial score (nSPS) is 10.9. The lowest BCUT2D eigenvalue weighted by Gasteiger charge is -2.10. The number of fused-ring (bicyclic) bond motifs is 1. The molecule has 1 heterocycles. The Bertz CT molecular complexity index is 991. The highest BCUT2D eigenvalue weighted by molar-refractivity contribution is 6.32. The molecule has 0 aliphatic heterocycles. The van der Waals surface area contributed by atoms with E-state index in [9.17, 15) is 4.79 Å². The fraction of sp³-hybridized carbons (Fsp3) is 0.200. The predicted molar refractivity (Wildman–Crippen MR) is 106 cm³/mol.